The van der Waals surface area contributed by atoms with Crippen LogP contribution in [-0.2, 0) is 11.3 Å². The highest BCUT2D eigenvalue weighted by molar-refractivity contribution is 6.07. The van der Waals surface area contributed by atoms with Crippen molar-refractivity contribution in [1.82, 2.24) is 25.1 Å². The van der Waals surface area contributed by atoms with E-state index in [0.29, 0.717) is 25.4 Å². The number of imidazole rings is 1. The molecule has 0 radical (unpaired) electrons. The van der Waals surface area contributed by atoms with Crippen LogP contribution in [0.3, 0.4) is 0 Å². The van der Waals surface area contributed by atoms with Crippen molar-refractivity contribution in [2.24, 2.45) is 0 Å². The molecule has 1 spiro atoms. The normalized spacial score (nSPS) is 24.6. The maximum Gasteiger partial charge on any atom is 0.325 e. The van der Waals surface area contributed by atoms with Gasteiger partial charge in [0.2, 0.25) is 0 Å². The number of piperidine rings is 1. The first-order chi connectivity index (χ1) is 11.2. The SMILES string of the molecule is O=C1NC2(CCNCC2)C(=O)N1Cc1cncn1C1CCCC1. The fraction of sp³-hybridized carbons (Fsp3) is 0.688. The molecule has 0 aromatic carbocycles. The fourth-order valence-electron chi connectivity index (χ4n) is 4.14. The van der Waals surface area contributed by atoms with E-state index in [1.165, 1.54) is 17.7 Å². The fourth-order valence-corrected chi connectivity index (χ4v) is 4.14. The first-order valence-electron chi connectivity index (χ1n) is 8.55. The summed E-state index contributed by atoms with van der Waals surface area (Å²) in [6, 6.07) is 0.192. The van der Waals surface area contributed by atoms with E-state index in [9.17, 15) is 9.59 Å². The second-order valence-electron chi connectivity index (χ2n) is 6.88. The van der Waals surface area contributed by atoms with Gasteiger partial charge in [0.25, 0.3) is 5.91 Å². The number of carbonyl (C=O) groups excluding carboxylic acids is 2. The first-order valence-corrected chi connectivity index (χ1v) is 8.55. The van der Waals surface area contributed by atoms with Gasteiger partial charge in [0.1, 0.15) is 5.54 Å². The Bertz CT molecular complexity index is 614. The third-order valence-corrected chi connectivity index (χ3v) is 5.49. The van der Waals surface area contributed by atoms with Crippen LogP contribution >= 0.6 is 0 Å². The van der Waals surface area contributed by atoms with Gasteiger partial charge in [0, 0.05) is 12.2 Å². The van der Waals surface area contributed by atoms with Gasteiger partial charge in [0.15, 0.2) is 0 Å². The number of rotatable bonds is 3. The Hall–Kier alpha value is -1.89. The number of nitrogens with one attached hydrogen (secondary N) is 2. The van der Waals surface area contributed by atoms with Gasteiger partial charge in [0.05, 0.1) is 18.6 Å². The number of hydrogen-bond donors (Lipinski definition) is 2. The molecule has 3 fully saturated rings. The van der Waals surface area contributed by atoms with Gasteiger partial charge in [-0.25, -0.2) is 9.78 Å². The van der Waals surface area contributed by atoms with Gasteiger partial charge in [-0.05, 0) is 38.8 Å². The van der Waals surface area contributed by atoms with Crippen molar-refractivity contribution >= 4 is 11.9 Å². The van der Waals surface area contributed by atoms with Crippen molar-refractivity contribution in [3.63, 3.8) is 0 Å². The summed E-state index contributed by atoms with van der Waals surface area (Å²) in [5.41, 5.74) is 0.256. The van der Waals surface area contributed by atoms with Crippen molar-refractivity contribution in [2.75, 3.05) is 13.1 Å². The third-order valence-electron chi connectivity index (χ3n) is 5.49. The van der Waals surface area contributed by atoms with Gasteiger partial charge in [-0.15, -0.1) is 0 Å². The second-order valence-corrected chi connectivity index (χ2v) is 6.88. The number of nitrogens with zero attached hydrogens (tertiary/aromatic N) is 3. The van der Waals surface area contributed by atoms with E-state index in [-0.39, 0.29) is 11.9 Å². The van der Waals surface area contributed by atoms with Crippen LogP contribution in [0.2, 0.25) is 0 Å². The van der Waals surface area contributed by atoms with Crippen LogP contribution in [0, 0.1) is 0 Å². The molecule has 124 valence electrons. The maximum atomic E-state index is 12.8. The molecule has 3 amide bonds. The van der Waals surface area contributed by atoms with Crippen molar-refractivity contribution in [1.29, 1.82) is 0 Å². The monoisotopic (exact) mass is 317 g/mol. The summed E-state index contributed by atoms with van der Waals surface area (Å²) in [7, 11) is 0. The largest absolute Gasteiger partial charge is 0.330 e. The number of hydrogen-bond acceptors (Lipinski definition) is 4. The van der Waals surface area contributed by atoms with Gasteiger partial charge in [-0.3, -0.25) is 9.69 Å². The molecule has 1 saturated carbocycles. The summed E-state index contributed by atoms with van der Waals surface area (Å²) in [6.07, 6.45) is 9.73. The van der Waals surface area contributed by atoms with Crippen LogP contribution in [-0.4, -0.2) is 45.0 Å². The zero-order valence-corrected chi connectivity index (χ0v) is 13.3. The molecule has 2 saturated heterocycles. The molecule has 0 unspecified atom stereocenters. The second kappa shape index (κ2) is 5.63. The Balaban J connectivity index is 1.54. The number of aromatic nitrogens is 2. The molecule has 1 aromatic heterocycles. The molecule has 0 atom stereocenters. The lowest BCUT2D eigenvalue weighted by Crippen LogP contribution is -2.53. The Labute approximate surface area is 135 Å². The van der Waals surface area contributed by atoms with Crippen LogP contribution in [0.25, 0.3) is 0 Å². The van der Waals surface area contributed by atoms with Crippen molar-refractivity contribution in [2.45, 2.75) is 56.7 Å². The van der Waals surface area contributed by atoms with Gasteiger partial charge >= 0.3 is 6.03 Å². The van der Waals surface area contributed by atoms with E-state index in [0.717, 1.165) is 31.6 Å². The smallest absolute Gasteiger partial charge is 0.325 e. The molecule has 3 heterocycles. The van der Waals surface area contributed by atoms with Gasteiger partial charge in [-0.2, -0.15) is 0 Å². The summed E-state index contributed by atoms with van der Waals surface area (Å²) >= 11 is 0. The molecule has 7 heteroatoms. The molecular weight excluding hydrogens is 294 g/mol. The number of urea groups is 1. The highest BCUT2D eigenvalue weighted by atomic mass is 16.2. The lowest BCUT2D eigenvalue weighted by atomic mass is 9.88. The Morgan fingerprint density at radius 2 is 1.96 bits per heavy atom. The van der Waals surface area contributed by atoms with E-state index in [4.69, 9.17) is 0 Å². The third kappa shape index (κ3) is 2.43. The molecule has 1 aromatic rings. The summed E-state index contributed by atoms with van der Waals surface area (Å²) in [5, 5.41) is 6.18. The van der Waals surface area contributed by atoms with E-state index in [1.807, 2.05) is 6.33 Å². The molecule has 7 nitrogen and oxygen atoms in total. The topological polar surface area (TPSA) is 79.3 Å². The van der Waals surface area contributed by atoms with Gasteiger partial charge < -0.3 is 15.2 Å². The lowest BCUT2D eigenvalue weighted by Gasteiger charge is -2.31. The standard InChI is InChI=1S/C16H23N5O2/c22-14-16(5-7-17-8-6-16)19-15(23)20(14)10-13-9-18-11-21(13)12-3-1-2-4-12/h9,11-12,17H,1-8,10H2,(H,19,23). The first kappa shape index (κ1) is 14.7. The molecule has 23 heavy (non-hydrogen) atoms. The van der Waals surface area contributed by atoms with Crippen LogP contribution in [0.1, 0.15) is 50.3 Å². The van der Waals surface area contributed by atoms with Crippen LogP contribution in [0.15, 0.2) is 12.5 Å². The summed E-state index contributed by atoms with van der Waals surface area (Å²) in [5.74, 6) is -0.0804. The number of carbonyl (C=O) groups is 2. The van der Waals surface area contributed by atoms with Crippen LogP contribution in [0.4, 0.5) is 4.79 Å². The minimum atomic E-state index is -0.694. The maximum absolute atomic E-state index is 12.8. The molecule has 0 bridgehead atoms. The van der Waals surface area contributed by atoms with Crippen molar-refractivity contribution < 1.29 is 9.59 Å². The summed E-state index contributed by atoms with van der Waals surface area (Å²) in [4.78, 5) is 30.8. The average molecular weight is 317 g/mol. The number of imide groups is 1. The molecule has 3 aliphatic rings. The molecule has 2 N–H and O–H groups in total. The van der Waals surface area contributed by atoms with E-state index < -0.39 is 5.54 Å². The number of amides is 3. The summed E-state index contributed by atoms with van der Waals surface area (Å²) in [6.45, 7) is 1.84. The average Bonchev–Trinajstić information content (AvgIpc) is 3.26. The quantitative estimate of drug-likeness (QED) is 0.820. The van der Waals surface area contributed by atoms with Crippen LogP contribution < -0.4 is 10.6 Å². The highest BCUT2D eigenvalue weighted by Gasteiger charge is 2.51. The molecule has 2 aliphatic heterocycles. The lowest BCUT2D eigenvalue weighted by molar-refractivity contribution is -0.132. The van der Waals surface area contributed by atoms with Crippen molar-refractivity contribution in [3.8, 4) is 0 Å². The van der Waals surface area contributed by atoms with E-state index in [2.05, 4.69) is 20.2 Å². The predicted octanol–water partition coefficient (Wildman–Crippen LogP) is 1.17. The van der Waals surface area contributed by atoms with Crippen molar-refractivity contribution in [3.05, 3.63) is 18.2 Å². The predicted molar refractivity (Wildman–Crippen MR) is 83.6 cm³/mol. The highest BCUT2D eigenvalue weighted by Crippen LogP contribution is 2.32. The van der Waals surface area contributed by atoms with Gasteiger partial charge in [-0.1, -0.05) is 12.8 Å². The van der Waals surface area contributed by atoms with E-state index in [1.54, 1.807) is 6.20 Å². The Kier molecular flexibility index (Phi) is 3.60. The molecule has 1 aliphatic carbocycles. The Morgan fingerprint density at radius 1 is 1.22 bits per heavy atom. The zero-order valence-electron chi connectivity index (χ0n) is 13.3. The Morgan fingerprint density at radius 3 is 2.70 bits per heavy atom. The summed E-state index contributed by atoms with van der Waals surface area (Å²) < 4.78 is 2.15. The van der Waals surface area contributed by atoms with Crippen LogP contribution in [0.5, 0.6) is 0 Å². The molecule has 4 rings (SSSR count). The molecular formula is C16H23N5O2. The zero-order chi connectivity index (χ0) is 15.9. The van der Waals surface area contributed by atoms with E-state index >= 15 is 0 Å². The minimum absolute atomic E-state index is 0.0804. The minimum Gasteiger partial charge on any atom is -0.330 e.